The lowest BCUT2D eigenvalue weighted by Gasteiger charge is -2.08. The van der Waals surface area contributed by atoms with Crippen LogP contribution in [0.1, 0.15) is 89.9 Å². The van der Waals surface area contributed by atoms with Gasteiger partial charge in [0, 0.05) is 25.9 Å². The molecular formula is C26H50N2O8. The number of unbranched alkanes of at least 4 members (excludes halogenated alkanes) is 11. The molecule has 4 N–H and O–H groups in total. The molecule has 0 saturated carbocycles. The molecule has 0 unspecified atom stereocenters. The summed E-state index contributed by atoms with van der Waals surface area (Å²) >= 11 is 0. The van der Waals surface area contributed by atoms with E-state index in [0.717, 1.165) is 32.1 Å². The molecule has 36 heavy (non-hydrogen) atoms. The predicted octanol–water partition coefficient (Wildman–Crippen LogP) is 2.81. The molecule has 0 radical (unpaired) electrons. The minimum atomic E-state index is -0.695. The number of carboxylic acids is 1. The minimum absolute atomic E-state index is 0.0370. The lowest BCUT2D eigenvalue weighted by molar-refractivity contribution is -0.137. The summed E-state index contributed by atoms with van der Waals surface area (Å²) in [4.78, 5) is 33.8. The summed E-state index contributed by atoms with van der Waals surface area (Å²) in [6, 6.07) is 0. The van der Waals surface area contributed by atoms with E-state index in [2.05, 4.69) is 10.6 Å². The average Bonchev–Trinajstić information content (AvgIpc) is 2.85. The molecule has 0 aromatic carbocycles. The highest BCUT2D eigenvalue weighted by atomic mass is 16.5. The first-order chi connectivity index (χ1) is 17.6. The molecular weight excluding hydrogens is 468 g/mol. The molecule has 0 fully saturated rings. The molecule has 0 spiro atoms. The quantitative estimate of drug-likeness (QED) is 0.116. The average molecular weight is 519 g/mol. The van der Waals surface area contributed by atoms with Crippen molar-refractivity contribution in [2.24, 2.45) is 0 Å². The number of ether oxygens (including phenoxy) is 3. The summed E-state index contributed by atoms with van der Waals surface area (Å²) in [6.45, 7) is 2.43. The van der Waals surface area contributed by atoms with Crippen LogP contribution >= 0.6 is 0 Å². The van der Waals surface area contributed by atoms with Crippen molar-refractivity contribution in [3.63, 3.8) is 0 Å². The second-order valence-corrected chi connectivity index (χ2v) is 8.84. The van der Waals surface area contributed by atoms with E-state index in [0.29, 0.717) is 52.4 Å². The van der Waals surface area contributed by atoms with Gasteiger partial charge in [-0.3, -0.25) is 14.4 Å². The van der Waals surface area contributed by atoms with Crippen molar-refractivity contribution in [2.75, 3.05) is 59.3 Å². The van der Waals surface area contributed by atoms with E-state index in [4.69, 9.17) is 24.4 Å². The topological polar surface area (TPSA) is 143 Å². The summed E-state index contributed by atoms with van der Waals surface area (Å²) in [5.74, 6) is -0.870. The molecule has 0 saturated heterocycles. The Kier molecular flexibility index (Phi) is 26.5. The van der Waals surface area contributed by atoms with Gasteiger partial charge in [-0.25, -0.2) is 0 Å². The highest BCUT2D eigenvalue weighted by Crippen LogP contribution is 2.13. The third-order valence-electron chi connectivity index (χ3n) is 5.52. The third-order valence-corrected chi connectivity index (χ3v) is 5.52. The van der Waals surface area contributed by atoms with Crippen LogP contribution in [0.5, 0.6) is 0 Å². The highest BCUT2D eigenvalue weighted by Gasteiger charge is 2.02. The van der Waals surface area contributed by atoms with Crippen molar-refractivity contribution in [1.29, 1.82) is 0 Å². The molecule has 0 aliphatic rings. The van der Waals surface area contributed by atoms with Crippen LogP contribution < -0.4 is 10.6 Å². The Morgan fingerprint density at radius 2 is 0.972 bits per heavy atom. The van der Waals surface area contributed by atoms with Gasteiger partial charge in [-0.2, -0.15) is 0 Å². The molecule has 0 aliphatic heterocycles. The Labute approximate surface area is 216 Å². The van der Waals surface area contributed by atoms with E-state index in [1.54, 1.807) is 0 Å². The van der Waals surface area contributed by atoms with Crippen LogP contribution in [0.2, 0.25) is 0 Å². The van der Waals surface area contributed by atoms with Gasteiger partial charge in [0.1, 0.15) is 6.61 Å². The molecule has 0 aromatic heterocycles. The molecule has 0 rings (SSSR count). The van der Waals surface area contributed by atoms with E-state index in [9.17, 15) is 14.4 Å². The zero-order valence-electron chi connectivity index (χ0n) is 22.1. The molecule has 212 valence electrons. The van der Waals surface area contributed by atoms with Crippen molar-refractivity contribution in [2.45, 2.75) is 89.9 Å². The van der Waals surface area contributed by atoms with Crippen molar-refractivity contribution in [3.8, 4) is 0 Å². The second-order valence-electron chi connectivity index (χ2n) is 8.84. The van der Waals surface area contributed by atoms with Crippen molar-refractivity contribution >= 4 is 17.8 Å². The van der Waals surface area contributed by atoms with Gasteiger partial charge in [-0.05, 0) is 12.8 Å². The number of hydrogen-bond donors (Lipinski definition) is 4. The number of amides is 2. The maximum absolute atomic E-state index is 11.8. The summed E-state index contributed by atoms with van der Waals surface area (Å²) in [7, 11) is 0. The van der Waals surface area contributed by atoms with E-state index in [1.807, 2.05) is 0 Å². The lowest BCUT2D eigenvalue weighted by Crippen LogP contribution is -2.31. The number of carbonyl (C=O) groups is 3. The third kappa shape index (κ3) is 28.5. The van der Waals surface area contributed by atoms with Crippen molar-refractivity contribution in [3.05, 3.63) is 0 Å². The minimum Gasteiger partial charge on any atom is -0.481 e. The van der Waals surface area contributed by atoms with Crippen molar-refractivity contribution in [1.82, 2.24) is 10.6 Å². The summed E-state index contributed by atoms with van der Waals surface area (Å²) in [5.41, 5.74) is 0. The number of aliphatic hydroxyl groups excluding tert-OH is 1. The smallest absolute Gasteiger partial charge is 0.303 e. The van der Waals surface area contributed by atoms with E-state index in [-0.39, 0.29) is 31.6 Å². The van der Waals surface area contributed by atoms with Crippen LogP contribution in [0.15, 0.2) is 0 Å². The van der Waals surface area contributed by atoms with Crippen LogP contribution in [0, 0.1) is 0 Å². The summed E-state index contributed by atoms with van der Waals surface area (Å²) in [5, 5.41) is 22.6. The van der Waals surface area contributed by atoms with Crippen LogP contribution in [0.4, 0.5) is 0 Å². The zero-order valence-corrected chi connectivity index (χ0v) is 22.1. The molecule has 0 bridgehead atoms. The van der Waals surface area contributed by atoms with Crippen LogP contribution in [0.25, 0.3) is 0 Å². The number of nitrogens with one attached hydrogen (secondary N) is 2. The van der Waals surface area contributed by atoms with Crippen LogP contribution in [-0.4, -0.2) is 87.3 Å². The first kappa shape index (κ1) is 34.2. The Balaban J connectivity index is 3.24. The Morgan fingerprint density at radius 3 is 1.50 bits per heavy atom. The first-order valence-corrected chi connectivity index (χ1v) is 13.7. The Morgan fingerprint density at radius 1 is 0.528 bits per heavy atom. The number of rotatable bonds is 28. The number of carbonyl (C=O) groups excluding carboxylic acids is 2. The zero-order chi connectivity index (χ0) is 26.5. The van der Waals surface area contributed by atoms with E-state index < -0.39 is 5.97 Å². The SMILES string of the molecule is O=C(O)CCCCCCCCCCCCCCC(=O)NCCOCCOCC(=O)NCCOCCO. The molecule has 0 heterocycles. The summed E-state index contributed by atoms with van der Waals surface area (Å²) < 4.78 is 15.6. The van der Waals surface area contributed by atoms with Crippen LogP contribution in [-0.2, 0) is 28.6 Å². The van der Waals surface area contributed by atoms with E-state index >= 15 is 0 Å². The summed E-state index contributed by atoms with van der Waals surface area (Å²) in [6.07, 6.45) is 14.4. The second kappa shape index (κ2) is 27.8. The van der Waals surface area contributed by atoms with E-state index in [1.165, 1.54) is 44.9 Å². The fourth-order valence-electron chi connectivity index (χ4n) is 3.55. The fourth-order valence-corrected chi connectivity index (χ4v) is 3.55. The number of aliphatic carboxylic acids is 1. The molecule has 0 aliphatic carbocycles. The normalized spacial score (nSPS) is 10.9. The predicted molar refractivity (Wildman–Crippen MR) is 138 cm³/mol. The molecule has 10 heteroatoms. The van der Waals surface area contributed by atoms with Gasteiger partial charge in [0.15, 0.2) is 0 Å². The standard InChI is InChI=1S/C26H50N2O8/c29-17-20-34-18-16-28-25(31)23-36-22-21-35-19-15-27-24(30)13-11-9-7-5-3-1-2-4-6-8-10-12-14-26(32)33/h29H,1-23H2,(H,27,30)(H,28,31)(H,32,33). The first-order valence-electron chi connectivity index (χ1n) is 13.7. The van der Waals surface area contributed by atoms with Gasteiger partial charge in [0.05, 0.1) is 39.6 Å². The van der Waals surface area contributed by atoms with Crippen LogP contribution in [0.3, 0.4) is 0 Å². The van der Waals surface area contributed by atoms with Gasteiger partial charge >= 0.3 is 5.97 Å². The van der Waals surface area contributed by atoms with Gasteiger partial charge in [-0.1, -0.05) is 64.2 Å². The fraction of sp³-hybridized carbons (Fsp3) is 0.885. The van der Waals surface area contributed by atoms with Gasteiger partial charge in [-0.15, -0.1) is 0 Å². The van der Waals surface area contributed by atoms with Gasteiger partial charge in [0.2, 0.25) is 11.8 Å². The van der Waals surface area contributed by atoms with Crippen molar-refractivity contribution < 1.29 is 38.8 Å². The number of carboxylic acid groups (broad SMARTS) is 1. The largest absolute Gasteiger partial charge is 0.481 e. The molecule has 2 amide bonds. The Hall–Kier alpha value is -1.75. The van der Waals surface area contributed by atoms with Gasteiger partial charge in [0.25, 0.3) is 0 Å². The number of hydrogen-bond acceptors (Lipinski definition) is 7. The maximum atomic E-state index is 11.8. The Bertz CT molecular complexity index is 534. The highest BCUT2D eigenvalue weighted by molar-refractivity contribution is 5.77. The van der Waals surface area contributed by atoms with Gasteiger partial charge < -0.3 is 35.1 Å². The molecule has 0 aromatic rings. The lowest BCUT2D eigenvalue weighted by atomic mass is 10.0. The molecule has 0 atom stereocenters. The monoisotopic (exact) mass is 518 g/mol. The maximum Gasteiger partial charge on any atom is 0.303 e. The molecule has 10 nitrogen and oxygen atoms in total. The number of aliphatic hydroxyl groups is 1.